The molecule has 0 amide bonds. The van der Waals surface area contributed by atoms with Crippen LogP contribution in [0.1, 0.15) is 15.9 Å². The third-order valence-electron chi connectivity index (χ3n) is 4.17. The van der Waals surface area contributed by atoms with Crippen molar-refractivity contribution in [3.05, 3.63) is 58.1 Å². The minimum absolute atomic E-state index is 0.0122. The summed E-state index contributed by atoms with van der Waals surface area (Å²) in [5.41, 5.74) is 1.23. The number of carbonyl (C=O) groups excluding carboxylic acids is 1. The Morgan fingerprint density at radius 2 is 2.08 bits per heavy atom. The normalized spacial score (nSPS) is 16.5. The van der Waals surface area contributed by atoms with Crippen molar-refractivity contribution >= 4 is 31.9 Å². The van der Waals surface area contributed by atoms with Gasteiger partial charge in [0.2, 0.25) is 10.0 Å². The average molecular weight is 440 g/mol. The molecule has 2 aromatic carbocycles. The molecule has 26 heavy (non-hydrogen) atoms. The van der Waals surface area contributed by atoms with Gasteiger partial charge in [0, 0.05) is 16.9 Å². The van der Waals surface area contributed by atoms with Gasteiger partial charge in [0.15, 0.2) is 0 Å². The average Bonchev–Trinajstić information content (AvgIpc) is 2.66. The van der Waals surface area contributed by atoms with Crippen molar-refractivity contribution in [3.63, 3.8) is 0 Å². The highest BCUT2D eigenvalue weighted by Gasteiger charge is 2.23. The molecule has 0 bridgehead atoms. The molecule has 0 aliphatic carbocycles. The zero-order valence-electron chi connectivity index (χ0n) is 14.1. The number of sulfonamides is 1. The van der Waals surface area contributed by atoms with Crippen molar-refractivity contribution < 1.29 is 22.7 Å². The van der Waals surface area contributed by atoms with E-state index in [2.05, 4.69) is 25.4 Å². The van der Waals surface area contributed by atoms with E-state index in [9.17, 15) is 13.2 Å². The Labute approximate surface area is 160 Å². The third kappa shape index (κ3) is 4.08. The Balaban J connectivity index is 1.71. The van der Waals surface area contributed by atoms with Crippen LogP contribution in [0.5, 0.6) is 5.75 Å². The van der Waals surface area contributed by atoms with E-state index >= 15 is 0 Å². The lowest BCUT2D eigenvalue weighted by molar-refractivity contribution is 0.0599. The molecule has 2 aromatic rings. The van der Waals surface area contributed by atoms with E-state index < -0.39 is 16.0 Å². The van der Waals surface area contributed by atoms with E-state index in [0.29, 0.717) is 11.1 Å². The fourth-order valence-electron chi connectivity index (χ4n) is 2.77. The van der Waals surface area contributed by atoms with Crippen molar-refractivity contribution in [2.45, 2.75) is 11.3 Å². The number of halogens is 1. The van der Waals surface area contributed by atoms with Crippen LogP contribution in [-0.4, -0.2) is 34.6 Å². The van der Waals surface area contributed by atoms with Gasteiger partial charge in [-0.3, -0.25) is 0 Å². The monoisotopic (exact) mass is 439 g/mol. The summed E-state index contributed by atoms with van der Waals surface area (Å²) in [5.74, 6) is 0.281. The second-order valence-corrected chi connectivity index (χ2v) is 8.60. The number of carbonyl (C=O) groups is 1. The maximum Gasteiger partial charge on any atom is 0.339 e. The molecule has 0 aromatic heterocycles. The highest BCUT2D eigenvalue weighted by molar-refractivity contribution is 9.10. The Morgan fingerprint density at radius 3 is 2.85 bits per heavy atom. The molecule has 1 aliphatic heterocycles. The quantitative estimate of drug-likeness (QED) is 0.724. The van der Waals surface area contributed by atoms with Crippen molar-refractivity contribution in [2.24, 2.45) is 5.92 Å². The van der Waals surface area contributed by atoms with Crippen molar-refractivity contribution in [3.8, 4) is 5.75 Å². The van der Waals surface area contributed by atoms with Crippen LogP contribution in [0.2, 0.25) is 0 Å². The number of para-hydroxylation sites is 1. The minimum Gasteiger partial charge on any atom is -0.493 e. The molecular weight excluding hydrogens is 422 g/mol. The van der Waals surface area contributed by atoms with Gasteiger partial charge in [-0.1, -0.05) is 18.2 Å². The van der Waals surface area contributed by atoms with Gasteiger partial charge in [-0.2, -0.15) is 0 Å². The van der Waals surface area contributed by atoms with E-state index in [1.54, 1.807) is 0 Å². The van der Waals surface area contributed by atoms with Crippen LogP contribution in [0.3, 0.4) is 0 Å². The van der Waals surface area contributed by atoms with Crippen LogP contribution in [0.25, 0.3) is 0 Å². The molecular formula is C18H18BrNO5S. The van der Waals surface area contributed by atoms with E-state index in [1.165, 1.54) is 25.3 Å². The Bertz CT molecular complexity index is 929. The topological polar surface area (TPSA) is 81.7 Å². The van der Waals surface area contributed by atoms with E-state index in [-0.39, 0.29) is 22.9 Å². The first-order valence-corrected chi connectivity index (χ1v) is 10.3. The standard InChI is InChI=1S/C18H18BrNO5S/c1-24-18(21)15-9-14(6-7-16(15)19)26(22,23)20-10-12-8-13-4-2-3-5-17(13)25-11-12/h2-7,9,12,20H,8,10-11H2,1H3. The van der Waals surface area contributed by atoms with E-state index in [4.69, 9.17) is 4.74 Å². The number of methoxy groups -OCH3 is 1. The summed E-state index contributed by atoms with van der Waals surface area (Å²) >= 11 is 3.22. The zero-order chi connectivity index (χ0) is 18.7. The summed E-state index contributed by atoms with van der Waals surface area (Å²) in [4.78, 5) is 11.8. The first kappa shape index (κ1) is 18.9. The number of nitrogens with one attached hydrogen (secondary N) is 1. The largest absolute Gasteiger partial charge is 0.493 e. The fraction of sp³-hybridized carbons (Fsp3) is 0.278. The highest BCUT2D eigenvalue weighted by atomic mass is 79.9. The highest BCUT2D eigenvalue weighted by Crippen LogP contribution is 2.27. The fourth-order valence-corrected chi connectivity index (χ4v) is 4.32. The maximum absolute atomic E-state index is 12.6. The summed E-state index contributed by atoms with van der Waals surface area (Å²) in [6, 6.07) is 12.0. The SMILES string of the molecule is COC(=O)c1cc(S(=O)(=O)NCC2COc3ccccc3C2)ccc1Br. The predicted molar refractivity (Wildman–Crippen MR) is 99.8 cm³/mol. The number of rotatable bonds is 5. The van der Waals surface area contributed by atoms with Gasteiger partial charge >= 0.3 is 5.97 Å². The molecule has 138 valence electrons. The first-order valence-electron chi connectivity index (χ1n) is 7.99. The molecule has 0 saturated carbocycles. The first-order chi connectivity index (χ1) is 12.4. The second kappa shape index (κ2) is 7.77. The molecule has 6 nitrogen and oxygen atoms in total. The lowest BCUT2D eigenvalue weighted by atomic mass is 9.97. The molecule has 0 radical (unpaired) electrons. The molecule has 1 aliphatic rings. The summed E-state index contributed by atoms with van der Waals surface area (Å²) < 4.78 is 38.6. The molecule has 1 heterocycles. The Kier molecular flexibility index (Phi) is 5.64. The minimum atomic E-state index is -3.75. The van der Waals surface area contributed by atoms with Crippen LogP contribution in [0.15, 0.2) is 51.8 Å². The van der Waals surface area contributed by atoms with Gasteiger partial charge in [0.1, 0.15) is 5.75 Å². The molecule has 0 saturated heterocycles. The molecule has 0 fully saturated rings. The molecule has 8 heteroatoms. The van der Waals surface area contributed by atoms with Crippen LogP contribution in [0.4, 0.5) is 0 Å². The van der Waals surface area contributed by atoms with Crippen molar-refractivity contribution in [1.82, 2.24) is 4.72 Å². The van der Waals surface area contributed by atoms with Crippen LogP contribution in [-0.2, 0) is 21.2 Å². The van der Waals surface area contributed by atoms with Gasteiger partial charge in [0.25, 0.3) is 0 Å². The third-order valence-corrected chi connectivity index (χ3v) is 6.28. The van der Waals surface area contributed by atoms with Crippen molar-refractivity contribution in [2.75, 3.05) is 20.3 Å². The molecule has 0 spiro atoms. The molecule has 1 atom stereocenters. The van der Waals surface area contributed by atoms with Gasteiger partial charge < -0.3 is 9.47 Å². The predicted octanol–water partition coefficient (Wildman–Crippen LogP) is 2.77. The van der Waals surface area contributed by atoms with Gasteiger partial charge in [-0.15, -0.1) is 0 Å². The van der Waals surface area contributed by atoms with Crippen LogP contribution >= 0.6 is 15.9 Å². The lowest BCUT2D eigenvalue weighted by Gasteiger charge is -2.25. The summed E-state index contributed by atoms with van der Waals surface area (Å²) in [5, 5.41) is 0. The summed E-state index contributed by atoms with van der Waals surface area (Å²) in [7, 11) is -2.51. The zero-order valence-corrected chi connectivity index (χ0v) is 16.5. The number of ether oxygens (including phenoxy) is 2. The summed E-state index contributed by atoms with van der Waals surface area (Å²) in [6.07, 6.45) is 0.743. The van der Waals surface area contributed by atoms with Crippen molar-refractivity contribution in [1.29, 1.82) is 0 Å². The van der Waals surface area contributed by atoms with Crippen LogP contribution < -0.4 is 9.46 Å². The van der Waals surface area contributed by atoms with Gasteiger partial charge in [-0.25, -0.2) is 17.9 Å². The maximum atomic E-state index is 12.6. The number of esters is 1. The second-order valence-electron chi connectivity index (χ2n) is 5.97. The van der Waals surface area contributed by atoms with E-state index in [1.807, 2.05) is 24.3 Å². The van der Waals surface area contributed by atoms with Crippen LogP contribution in [0, 0.1) is 5.92 Å². The van der Waals surface area contributed by atoms with E-state index in [0.717, 1.165) is 17.7 Å². The number of benzene rings is 2. The number of hydrogen-bond donors (Lipinski definition) is 1. The molecule has 3 rings (SSSR count). The number of hydrogen-bond acceptors (Lipinski definition) is 5. The molecule has 1 unspecified atom stereocenters. The van der Waals surface area contributed by atoms with Gasteiger partial charge in [0.05, 0.1) is 24.2 Å². The number of fused-ring (bicyclic) bond motifs is 1. The Morgan fingerprint density at radius 1 is 1.31 bits per heavy atom. The summed E-state index contributed by atoms with van der Waals surface area (Å²) in [6.45, 7) is 0.702. The Hall–Kier alpha value is -1.90. The molecule has 1 N–H and O–H groups in total. The van der Waals surface area contributed by atoms with Gasteiger partial charge in [-0.05, 0) is 52.2 Å². The lowest BCUT2D eigenvalue weighted by Crippen LogP contribution is -2.34. The smallest absolute Gasteiger partial charge is 0.339 e.